The van der Waals surface area contributed by atoms with E-state index in [1.165, 1.54) is 13.2 Å². The number of nitro benzene ring substituents is 1. The van der Waals surface area contributed by atoms with Gasteiger partial charge in [-0.25, -0.2) is 15.0 Å². The Labute approximate surface area is 219 Å². The largest absolute Gasteiger partial charge is 0.494 e. The summed E-state index contributed by atoms with van der Waals surface area (Å²) in [4.78, 5) is 29.1. The highest BCUT2D eigenvalue weighted by Crippen LogP contribution is 2.39. The van der Waals surface area contributed by atoms with Crippen LogP contribution in [-0.2, 0) is 7.05 Å². The van der Waals surface area contributed by atoms with Crippen molar-refractivity contribution in [3.05, 3.63) is 57.7 Å². The highest BCUT2D eigenvalue weighted by Gasteiger charge is 2.22. The normalized spacial score (nSPS) is 11.2. The topological polar surface area (TPSA) is 114 Å². The molecule has 0 saturated carbocycles. The molecule has 0 aliphatic carbocycles. The first-order valence-electron chi connectivity index (χ1n) is 11.6. The lowest BCUT2D eigenvalue weighted by molar-refractivity contribution is -0.384. The van der Waals surface area contributed by atoms with Crippen molar-refractivity contribution >= 4 is 45.6 Å². The van der Waals surface area contributed by atoms with Gasteiger partial charge in [0, 0.05) is 44.0 Å². The Kier molecular flexibility index (Phi) is 7.74. The number of ether oxygens (including phenoxy) is 1. The molecule has 0 spiro atoms. The van der Waals surface area contributed by atoms with Gasteiger partial charge in [-0.1, -0.05) is 11.6 Å². The molecule has 0 amide bonds. The standard InChI is InChI=1S/C25H29ClN8O3/c1-31(2)11-6-12-32(3)21-15-23(37-5)19(14-22(21)34(35)36)30-25-27-10-9-17(29-25)24-28-18-13-16(26)7-8-20(18)33(24)4/h7-10,13-15H,6,11-12H2,1-5H3,(H,27,29,30). The summed E-state index contributed by atoms with van der Waals surface area (Å²) in [6.45, 7) is 1.53. The third-order valence-corrected chi connectivity index (χ3v) is 6.21. The molecular formula is C25H29ClN8O3. The number of nitrogens with zero attached hydrogens (tertiary/aromatic N) is 7. The van der Waals surface area contributed by atoms with E-state index in [-0.39, 0.29) is 11.6 Å². The van der Waals surface area contributed by atoms with Gasteiger partial charge in [-0.05, 0) is 51.3 Å². The number of benzene rings is 2. The fourth-order valence-corrected chi connectivity index (χ4v) is 4.25. The molecule has 0 unspecified atom stereocenters. The van der Waals surface area contributed by atoms with Gasteiger partial charge >= 0.3 is 0 Å². The van der Waals surface area contributed by atoms with E-state index in [4.69, 9.17) is 16.3 Å². The summed E-state index contributed by atoms with van der Waals surface area (Å²) < 4.78 is 7.49. The number of rotatable bonds is 10. The maximum Gasteiger partial charge on any atom is 0.294 e. The molecule has 37 heavy (non-hydrogen) atoms. The second-order valence-corrected chi connectivity index (χ2v) is 9.33. The molecule has 0 atom stereocenters. The van der Waals surface area contributed by atoms with E-state index in [1.807, 2.05) is 49.8 Å². The van der Waals surface area contributed by atoms with Crippen LogP contribution in [0.5, 0.6) is 5.75 Å². The van der Waals surface area contributed by atoms with E-state index in [9.17, 15) is 10.1 Å². The van der Waals surface area contributed by atoms with Gasteiger partial charge in [0.25, 0.3) is 5.69 Å². The number of anilines is 3. The van der Waals surface area contributed by atoms with E-state index in [0.717, 1.165) is 24.0 Å². The molecule has 2 aromatic carbocycles. The minimum absolute atomic E-state index is 0.0426. The summed E-state index contributed by atoms with van der Waals surface area (Å²) in [6, 6.07) is 10.4. The summed E-state index contributed by atoms with van der Waals surface area (Å²) in [6.07, 6.45) is 2.46. The first-order valence-corrected chi connectivity index (χ1v) is 12.0. The van der Waals surface area contributed by atoms with Crippen LogP contribution in [0, 0.1) is 10.1 Å². The Bertz CT molecular complexity index is 1440. The Morgan fingerprint density at radius 2 is 1.92 bits per heavy atom. The summed E-state index contributed by atoms with van der Waals surface area (Å²) in [7, 11) is 9.24. The van der Waals surface area contributed by atoms with Gasteiger partial charge in [0.1, 0.15) is 17.1 Å². The molecule has 0 radical (unpaired) electrons. The summed E-state index contributed by atoms with van der Waals surface area (Å²) in [5, 5.41) is 15.6. The molecule has 11 nitrogen and oxygen atoms in total. The Morgan fingerprint density at radius 3 is 2.62 bits per heavy atom. The number of hydrogen-bond donors (Lipinski definition) is 1. The van der Waals surface area contributed by atoms with Crippen molar-refractivity contribution in [3.63, 3.8) is 0 Å². The molecule has 0 aliphatic heterocycles. The summed E-state index contributed by atoms with van der Waals surface area (Å²) >= 11 is 6.12. The van der Waals surface area contributed by atoms with Gasteiger partial charge in [-0.2, -0.15) is 0 Å². The maximum atomic E-state index is 11.9. The van der Waals surface area contributed by atoms with Crippen LogP contribution in [-0.4, -0.2) is 70.7 Å². The minimum atomic E-state index is -0.399. The lowest BCUT2D eigenvalue weighted by atomic mass is 10.2. The lowest BCUT2D eigenvalue weighted by Gasteiger charge is -2.22. The Hall–Kier alpha value is -3.96. The number of nitro groups is 1. The number of hydrogen-bond acceptors (Lipinski definition) is 9. The monoisotopic (exact) mass is 524 g/mol. The molecule has 0 aliphatic rings. The molecule has 194 valence electrons. The van der Waals surface area contributed by atoms with Crippen LogP contribution in [0.15, 0.2) is 42.6 Å². The number of nitrogens with one attached hydrogen (secondary N) is 1. The van der Waals surface area contributed by atoms with Crippen LogP contribution < -0.4 is 15.0 Å². The highest BCUT2D eigenvalue weighted by molar-refractivity contribution is 6.31. The van der Waals surface area contributed by atoms with E-state index < -0.39 is 4.92 Å². The maximum absolute atomic E-state index is 11.9. The number of fused-ring (bicyclic) bond motifs is 1. The van der Waals surface area contributed by atoms with Crippen LogP contribution in [0.25, 0.3) is 22.6 Å². The van der Waals surface area contributed by atoms with Gasteiger partial charge in [-0.15, -0.1) is 0 Å². The smallest absolute Gasteiger partial charge is 0.294 e. The number of methoxy groups -OCH3 is 1. The third-order valence-electron chi connectivity index (χ3n) is 5.98. The first kappa shape index (κ1) is 26.1. The molecule has 0 saturated heterocycles. The number of aromatic nitrogens is 4. The van der Waals surface area contributed by atoms with Crippen molar-refractivity contribution in [2.45, 2.75) is 6.42 Å². The molecule has 12 heteroatoms. The van der Waals surface area contributed by atoms with Crippen LogP contribution in [0.3, 0.4) is 0 Å². The SMILES string of the molecule is COc1cc(N(C)CCCN(C)C)c([N+](=O)[O-])cc1Nc1nccc(-c2nc3cc(Cl)ccc3n2C)n1. The molecule has 2 aromatic heterocycles. The molecule has 1 N–H and O–H groups in total. The summed E-state index contributed by atoms with van der Waals surface area (Å²) in [5.74, 6) is 1.32. The van der Waals surface area contributed by atoms with Crippen molar-refractivity contribution in [3.8, 4) is 17.3 Å². The zero-order chi connectivity index (χ0) is 26.7. The Morgan fingerprint density at radius 1 is 1.14 bits per heavy atom. The van der Waals surface area contributed by atoms with E-state index >= 15 is 0 Å². The predicted octanol–water partition coefficient (Wildman–Crippen LogP) is 4.73. The van der Waals surface area contributed by atoms with Crippen LogP contribution in [0.1, 0.15) is 6.42 Å². The van der Waals surface area contributed by atoms with Gasteiger partial charge in [0.05, 0.1) is 28.8 Å². The average molecular weight is 525 g/mol. The quantitative estimate of drug-likeness (QED) is 0.232. The predicted molar refractivity (Wildman–Crippen MR) is 146 cm³/mol. The zero-order valence-electron chi connectivity index (χ0n) is 21.4. The number of imidazole rings is 1. The van der Waals surface area contributed by atoms with E-state index in [2.05, 4.69) is 25.2 Å². The van der Waals surface area contributed by atoms with Crippen LogP contribution in [0.4, 0.5) is 23.0 Å². The van der Waals surface area contributed by atoms with Gasteiger partial charge < -0.3 is 24.4 Å². The highest BCUT2D eigenvalue weighted by atomic mass is 35.5. The fourth-order valence-electron chi connectivity index (χ4n) is 4.09. The van der Waals surface area contributed by atoms with Crippen molar-refractivity contribution in [2.75, 3.05) is 51.6 Å². The molecule has 4 aromatic rings. The van der Waals surface area contributed by atoms with Crippen molar-refractivity contribution in [2.24, 2.45) is 7.05 Å². The Balaban J connectivity index is 1.66. The van der Waals surface area contributed by atoms with Gasteiger partial charge in [0.15, 0.2) is 5.82 Å². The fraction of sp³-hybridized carbons (Fsp3) is 0.320. The average Bonchev–Trinajstić information content (AvgIpc) is 3.18. The molecule has 4 rings (SSSR count). The summed E-state index contributed by atoms with van der Waals surface area (Å²) in [5.41, 5.74) is 3.06. The van der Waals surface area contributed by atoms with Crippen LogP contribution >= 0.6 is 11.6 Å². The zero-order valence-corrected chi connectivity index (χ0v) is 22.2. The number of halogens is 1. The molecule has 2 heterocycles. The van der Waals surface area contributed by atoms with Gasteiger partial charge in [-0.3, -0.25) is 10.1 Å². The van der Waals surface area contributed by atoms with Crippen molar-refractivity contribution < 1.29 is 9.66 Å². The molecule has 0 bridgehead atoms. The van der Waals surface area contributed by atoms with Crippen molar-refractivity contribution in [1.82, 2.24) is 24.4 Å². The van der Waals surface area contributed by atoms with Gasteiger partial charge in [0.2, 0.25) is 5.95 Å². The van der Waals surface area contributed by atoms with E-state index in [0.29, 0.717) is 40.2 Å². The van der Waals surface area contributed by atoms with Crippen LogP contribution in [0.2, 0.25) is 5.02 Å². The van der Waals surface area contributed by atoms with Crippen molar-refractivity contribution in [1.29, 1.82) is 0 Å². The third kappa shape index (κ3) is 5.73. The number of aryl methyl sites for hydroxylation is 1. The molecule has 0 fully saturated rings. The minimum Gasteiger partial charge on any atom is -0.494 e. The second kappa shape index (κ2) is 11.0. The second-order valence-electron chi connectivity index (χ2n) is 8.89. The molecular weight excluding hydrogens is 496 g/mol. The van der Waals surface area contributed by atoms with E-state index in [1.54, 1.807) is 24.4 Å². The first-order chi connectivity index (χ1) is 17.7. The lowest BCUT2D eigenvalue weighted by Crippen LogP contribution is -2.24.